The molecule has 0 aliphatic rings. The van der Waals surface area contributed by atoms with Crippen LogP contribution in [0.3, 0.4) is 0 Å². The predicted molar refractivity (Wildman–Crippen MR) is 180 cm³/mol. The molecule has 0 amide bonds. The summed E-state index contributed by atoms with van der Waals surface area (Å²) in [5, 5.41) is 0. The van der Waals surface area contributed by atoms with E-state index in [1.165, 1.54) is 206 Å². The Labute approximate surface area is 253 Å². The molecule has 1 heterocycles. The van der Waals surface area contributed by atoms with Gasteiger partial charge in [-0.2, -0.15) is 0 Å². The fourth-order valence-electron chi connectivity index (χ4n) is 6.29. The molecule has 40 heavy (non-hydrogen) atoms. The van der Waals surface area contributed by atoms with E-state index in [0.29, 0.717) is 0 Å². The molecule has 0 spiro atoms. The van der Waals surface area contributed by atoms with Crippen LogP contribution in [0.1, 0.15) is 212 Å². The molecule has 0 aliphatic heterocycles. The zero-order chi connectivity index (χ0) is 28.6. The van der Waals surface area contributed by atoms with E-state index in [1.807, 2.05) is 0 Å². The predicted octanol–water partition coefficient (Wildman–Crippen LogP) is 13.3. The first-order valence-corrected chi connectivity index (χ1v) is 18.9. The van der Waals surface area contributed by atoms with Gasteiger partial charge in [-0.25, -0.2) is 4.57 Å². The van der Waals surface area contributed by atoms with Crippen molar-refractivity contribution in [2.75, 3.05) is 0 Å². The molecule has 1 nitrogen and oxygen atoms in total. The summed E-state index contributed by atoms with van der Waals surface area (Å²) in [6.07, 6.45) is 46.9. The minimum Gasteiger partial charge on any atom is -0.202 e. The van der Waals surface area contributed by atoms with Gasteiger partial charge in [0.25, 0.3) is 0 Å². The van der Waals surface area contributed by atoms with Crippen LogP contribution in [-0.2, 0) is 13.0 Å². The Bertz CT molecular complexity index is 609. The summed E-state index contributed by atoms with van der Waals surface area (Å²) in [6.45, 7) is 5.83. The standard InChI is InChI=1S/C39H74N/c1-3-5-7-9-11-13-15-17-19-20-22-24-26-28-30-33-37-40-38-34-32-36-39(40)35-31-29-27-25-23-21-18-16-14-12-10-8-6-4-2/h32,34,36,38H,3-31,33,35,37H2,1-2H3/q+1. The van der Waals surface area contributed by atoms with Gasteiger partial charge in [-0.1, -0.05) is 193 Å². The minimum atomic E-state index is 1.22. The quantitative estimate of drug-likeness (QED) is 0.0613. The SMILES string of the molecule is CCCCCCCCCCCCCCCCCC[n+]1ccccc1CCCCCCCCCCCCCCCC. The van der Waals surface area contributed by atoms with Gasteiger partial charge in [0, 0.05) is 25.0 Å². The second kappa shape index (κ2) is 31.1. The highest BCUT2D eigenvalue weighted by Gasteiger charge is 2.09. The van der Waals surface area contributed by atoms with Gasteiger partial charge in [-0.05, 0) is 12.8 Å². The molecule has 1 aromatic heterocycles. The van der Waals surface area contributed by atoms with Crippen molar-refractivity contribution in [2.24, 2.45) is 0 Å². The van der Waals surface area contributed by atoms with Crippen molar-refractivity contribution in [1.82, 2.24) is 0 Å². The average Bonchev–Trinajstić information content (AvgIpc) is 2.97. The molecule has 234 valence electrons. The van der Waals surface area contributed by atoms with Crippen LogP contribution in [0.15, 0.2) is 24.4 Å². The Kier molecular flexibility index (Phi) is 28.9. The molecule has 0 radical (unpaired) electrons. The largest absolute Gasteiger partial charge is 0.202 e. The summed E-state index contributed by atoms with van der Waals surface area (Å²) in [6, 6.07) is 6.83. The van der Waals surface area contributed by atoms with Crippen LogP contribution >= 0.6 is 0 Å². The molecule has 0 aromatic carbocycles. The van der Waals surface area contributed by atoms with Gasteiger partial charge >= 0.3 is 0 Å². The fraction of sp³-hybridized carbons (Fsp3) is 0.872. The van der Waals surface area contributed by atoms with Crippen molar-refractivity contribution in [1.29, 1.82) is 0 Å². The Hall–Kier alpha value is -0.850. The maximum atomic E-state index is 2.55. The van der Waals surface area contributed by atoms with Gasteiger partial charge in [0.1, 0.15) is 6.54 Å². The van der Waals surface area contributed by atoms with Crippen molar-refractivity contribution < 1.29 is 4.57 Å². The molecule has 0 saturated carbocycles. The number of aromatic nitrogens is 1. The molecular weight excluding hydrogens is 482 g/mol. The first-order valence-electron chi connectivity index (χ1n) is 18.9. The maximum absolute atomic E-state index is 2.55. The molecule has 0 atom stereocenters. The summed E-state index contributed by atoms with van der Waals surface area (Å²) in [4.78, 5) is 0. The summed E-state index contributed by atoms with van der Waals surface area (Å²) in [5.41, 5.74) is 1.56. The van der Waals surface area contributed by atoms with Gasteiger partial charge in [0.15, 0.2) is 11.9 Å². The summed E-state index contributed by atoms with van der Waals surface area (Å²) >= 11 is 0. The minimum absolute atomic E-state index is 1.22. The van der Waals surface area contributed by atoms with Crippen LogP contribution < -0.4 is 4.57 Å². The van der Waals surface area contributed by atoms with Crippen molar-refractivity contribution in [3.8, 4) is 0 Å². The van der Waals surface area contributed by atoms with Crippen molar-refractivity contribution in [3.63, 3.8) is 0 Å². The highest BCUT2D eigenvalue weighted by molar-refractivity contribution is 4.97. The molecule has 1 heteroatoms. The Balaban J connectivity index is 1.90. The van der Waals surface area contributed by atoms with E-state index in [4.69, 9.17) is 0 Å². The molecular formula is C39H74N+. The van der Waals surface area contributed by atoms with Crippen LogP contribution in [0.2, 0.25) is 0 Å². The van der Waals surface area contributed by atoms with Crippen molar-refractivity contribution >= 4 is 0 Å². The number of nitrogens with zero attached hydrogens (tertiary/aromatic N) is 1. The second-order valence-corrected chi connectivity index (χ2v) is 13.0. The van der Waals surface area contributed by atoms with E-state index in [1.54, 1.807) is 5.69 Å². The second-order valence-electron chi connectivity index (χ2n) is 13.0. The number of pyridine rings is 1. The molecule has 1 rings (SSSR count). The monoisotopic (exact) mass is 557 g/mol. The molecule has 0 fully saturated rings. The number of rotatable bonds is 32. The Morgan fingerprint density at radius 2 is 0.700 bits per heavy atom. The van der Waals surface area contributed by atoms with Gasteiger partial charge < -0.3 is 0 Å². The van der Waals surface area contributed by atoms with Crippen molar-refractivity contribution in [2.45, 2.75) is 219 Å². The third-order valence-corrected chi connectivity index (χ3v) is 9.07. The lowest BCUT2D eigenvalue weighted by molar-refractivity contribution is -0.704. The molecule has 0 saturated heterocycles. The lowest BCUT2D eigenvalue weighted by Gasteiger charge is -2.06. The zero-order valence-corrected chi connectivity index (χ0v) is 27.9. The first-order chi connectivity index (χ1) is 19.9. The van der Waals surface area contributed by atoms with Crippen LogP contribution in [-0.4, -0.2) is 0 Å². The molecule has 1 aromatic rings. The zero-order valence-electron chi connectivity index (χ0n) is 27.9. The van der Waals surface area contributed by atoms with E-state index >= 15 is 0 Å². The topological polar surface area (TPSA) is 3.88 Å². The Morgan fingerprint density at radius 1 is 0.375 bits per heavy atom. The van der Waals surface area contributed by atoms with Crippen LogP contribution in [0.25, 0.3) is 0 Å². The number of hydrogen-bond acceptors (Lipinski definition) is 0. The Morgan fingerprint density at radius 3 is 1.07 bits per heavy atom. The molecule has 0 N–H and O–H groups in total. The lowest BCUT2D eigenvalue weighted by Crippen LogP contribution is -2.37. The third kappa shape index (κ3) is 24.9. The van der Waals surface area contributed by atoms with E-state index in [0.717, 1.165) is 0 Å². The van der Waals surface area contributed by atoms with Gasteiger partial charge in [0.2, 0.25) is 0 Å². The van der Waals surface area contributed by atoms with Crippen molar-refractivity contribution in [3.05, 3.63) is 30.1 Å². The van der Waals surface area contributed by atoms with Gasteiger partial charge in [0.05, 0.1) is 0 Å². The first kappa shape index (κ1) is 37.2. The van der Waals surface area contributed by atoms with Crippen LogP contribution in [0, 0.1) is 0 Å². The van der Waals surface area contributed by atoms with Crippen LogP contribution in [0.4, 0.5) is 0 Å². The van der Waals surface area contributed by atoms with Crippen LogP contribution in [0.5, 0.6) is 0 Å². The molecule has 0 aliphatic carbocycles. The van der Waals surface area contributed by atoms with E-state index in [-0.39, 0.29) is 0 Å². The highest BCUT2D eigenvalue weighted by atomic mass is 14.9. The molecule has 0 unspecified atom stereocenters. The smallest absolute Gasteiger partial charge is 0.181 e. The van der Waals surface area contributed by atoms with E-state index in [2.05, 4.69) is 42.8 Å². The summed E-state index contributed by atoms with van der Waals surface area (Å²) in [5.74, 6) is 0. The normalized spacial score (nSPS) is 11.4. The van der Waals surface area contributed by atoms with E-state index in [9.17, 15) is 0 Å². The average molecular weight is 557 g/mol. The highest BCUT2D eigenvalue weighted by Crippen LogP contribution is 2.15. The summed E-state index contributed by atoms with van der Waals surface area (Å²) < 4.78 is 2.55. The van der Waals surface area contributed by atoms with Gasteiger partial charge in [-0.3, -0.25) is 0 Å². The fourth-order valence-corrected chi connectivity index (χ4v) is 6.29. The number of hydrogen-bond donors (Lipinski definition) is 0. The third-order valence-electron chi connectivity index (χ3n) is 9.07. The lowest BCUT2D eigenvalue weighted by atomic mass is 10.0. The summed E-state index contributed by atoms with van der Waals surface area (Å²) in [7, 11) is 0. The number of unbranched alkanes of at least 4 members (excludes halogenated alkanes) is 28. The maximum Gasteiger partial charge on any atom is 0.181 e. The van der Waals surface area contributed by atoms with Gasteiger partial charge in [-0.15, -0.1) is 0 Å². The molecule has 0 bridgehead atoms. The van der Waals surface area contributed by atoms with E-state index < -0.39 is 0 Å². The number of aryl methyl sites for hydroxylation is 2.